The molecule has 0 radical (unpaired) electrons. The highest BCUT2D eigenvalue weighted by Gasteiger charge is 1.96. The van der Waals surface area contributed by atoms with E-state index < -0.39 is 5.97 Å². The molecule has 0 saturated heterocycles. The molecule has 0 heterocycles. The molecule has 0 atom stereocenters. The summed E-state index contributed by atoms with van der Waals surface area (Å²) in [5.74, 6) is -0.875. The summed E-state index contributed by atoms with van der Waals surface area (Å²) in [7, 11) is 1.74. The Balaban J connectivity index is 3.91. The molecule has 0 rings (SSSR count). The minimum absolute atomic E-state index is 0.0342. The van der Waals surface area contributed by atoms with Crippen LogP contribution in [0, 0.1) is 0 Å². The highest BCUT2D eigenvalue weighted by atomic mass is 16.4. The molecular formula is C9H13NO2. The van der Waals surface area contributed by atoms with Gasteiger partial charge in [-0.05, 0) is 11.6 Å². The van der Waals surface area contributed by atoms with Gasteiger partial charge in [-0.15, -0.1) is 0 Å². The monoisotopic (exact) mass is 167 g/mol. The van der Waals surface area contributed by atoms with Crippen molar-refractivity contribution in [3.63, 3.8) is 0 Å². The molecule has 2 N–H and O–H groups in total. The van der Waals surface area contributed by atoms with Crippen molar-refractivity contribution >= 4 is 5.97 Å². The predicted octanol–water partition coefficient (Wildman–Crippen LogP) is 1.31. The quantitative estimate of drug-likeness (QED) is 0.607. The van der Waals surface area contributed by atoms with Crippen LogP contribution < -0.4 is 5.32 Å². The Bertz CT molecular complexity index is 229. The Hall–Kier alpha value is -1.51. The second-order valence-corrected chi connectivity index (χ2v) is 2.34. The molecule has 0 bridgehead atoms. The predicted molar refractivity (Wildman–Crippen MR) is 48.7 cm³/mol. The zero-order valence-electron chi connectivity index (χ0n) is 7.13. The van der Waals surface area contributed by atoms with E-state index in [4.69, 9.17) is 5.11 Å². The van der Waals surface area contributed by atoms with Crippen LogP contribution in [0.3, 0.4) is 0 Å². The van der Waals surface area contributed by atoms with E-state index in [9.17, 15) is 4.79 Å². The number of carbonyl (C=O) groups is 1. The number of hydrogen-bond donors (Lipinski definition) is 2. The molecule has 12 heavy (non-hydrogen) atoms. The molecule has 0 fully saturated rings. The lowest BCUT2D eigenvalue weighted by atomic mass is 10.2. The molecule has 0 aliphatic heterocycles. The summed E-state index contributed by atoms with van der Waals surface area (Å²) in [6.45, 7) is 7.20. The molecular weight excluding hydrogens is 154 g/mol. The van der Waals surface area contributed by atoms with Crippen molar-refractivity contribution in [3.05, 3.63) is 36.6 Å². The first-order chi connectivity index (χ1) is 5.56. The van der Waals surface area contributed by atoms with Crippen molar-refractivity contribution in [1.82, 2.24) is 5.32 Å². The van der Waals surface area contributed by atoms with Gasteiger partial charge >= 0.3 is 5.97 Å². The zero-order valence-corrected chi connectivity index (χ0v) is 7.13. The molecule has 66 valence electrons. The summed E-state index contributed by atoms with van der Waals surface area (Å²) in [4.78, 5) is 10.2. The molecule has 3 nitrogen and oxygen atoms in total. The third kappa shape index (κ3) is 5.29. The van der Waals surface area contributed by atoms with E-state index >= 15 is 0 Å². The number of aliphatic carboxylic acids is 1. The average molecular weight is 167 g/mol. The first-order valence-corrected chi connectivity index (χ1v) is 3.50. The number of carboxylic acids is 1. The molecule has 0 aromatic heterocycles. The molecule has 0 spiro atoms. The van der Waals surface area contributed by atoms with E-state index in [0.29, 0.717) is 5.57 Å². The lowest BCUT2D eigenvalue weighted by molar-refractivity contribution is -0.136. The highest BCUT2D eigenvalue weighted by molar-refractivity contribution is 5.70. The van der Waals surface area contributed by atoms with Gasteiger partial charge in [0.2, 0.25) is 0 Å². The Kier molecular flexibility index (Phi) is 4.53. The molecule has 0 aromatic rings. The van der Waals surface area contributed by atoms with Crippen molar-refractivity contribution in [1.29, 1.82) is 0 Å². The Labute approximate surface area is 72.1 Å². The van der Waals surface area contributed by atoms with E-state index in [1.165, 1.54) is 0 Å². The van der Waals surface area contributed by atoms with Gasteiger partial charge in [0.25, 0.3) is 0 Å². The average Bonchev–Trinajstić information content (AvgIpc) is 1.99. The number of allylic oxidation sites excluding steroid dienone is 2. The van der Waals surface area contributed by atoms with Gasteiger partial charge in [-0.3, -0.25) is 4.79 Å². The fraction of sp³-hybridized carbons (Fsp3) is 0.222. The number of carboxylic acid groups (broad SMARTS) is 1. The van der Waals surface area contributed by atoms with Crippen molar-refractivity contribution in [2.24, 2.45) is 0 Å². The van der Waals surface area contributed by atoms with Crippen molar-refractivity contribution in [3.8, 4) is 0 Å². The lowest BCUT2D eigenvalue weighted by Crippen LogP contribution is -2.01. The molecule has 3 heteroatoms. The maximum atomic E-state index is 10.2. The summed E-state index contributed by atoms with van der Waals surface area (Å²) in [5, 5.41) is 11.2. The molecule has 0 unspecified atom stereocenters. The molecule has 0 aromatic carbocycles. The molecule has 0 amide bonds. The highest BCUT2D eigenvalue weighted by Crippen LogP contribution is 2.00. The first-order valence-electron chi connectivity index (χ1n) is 3.50. The SMILES string of the molecule is C=C(/C=C\C(=C)NC)CC(=O)O. The van der Waals surface area contributed by atoms with E-state index in [2.05, 4.69) is 18.5 Å². The fourth-order valence-corrected chi connectivity index (χ4v) is 0.555. The third-order valence-corrected chi connectivity index (χ3v) is 1.22. The zero-order chi connectivity index (χ0) is 9.56. The van der Waals surface area contributed by atoms with Crippen LogP contribution in [0.5, 0.6) is 0 Å². The van der Waals surface area contributed by atoms with Crippen molar-refractivity contribution in [2.75, 3.05) is 7.05 Å². The van der Waals surface area contributed by atoms with Crippen LogP contribution in [0.1, 0.15) is 6.42 Å². The maximum Gasteiger partial charge on any atom is 0.307 e. The van der Waals surface area contributed by atoms with Gasteiger partial charge in [0.05, 0.1) is 6.42 Å². The van der Waals surface area contributed by atoms with Crippen molar-refractivity contribution < 1.29 is 9.90 Å². The largest absolute Gasteiger partial charge is 0.481 e. The van der Waals surface area contributed by atoms with E-state index in [1.54, 1.807) is 19.2 Å². The molecule has 0 saturated carbocycles. The van der Waals surface area contributed by atoms with Gasteiger partial charge in [0.15, 0.2) is 0 Å². The van der Waals surface area contributed by atoms with Gasteiger partial charge in [0.1, 0.15) is 0 Å². The fourth-order valence-electron chi connectivity index (χ4n) is 0.555. The number of hydrogen-bond acceptors (Lipinski definition) is 2. The second-order valence-electron chi connectivity index (χ2n) is 2.34. The summed E-state index contributed by atoms with van der Waals surface area (Å²) in [5.41, 5.74) is 1.28. The second kappa shape index (κ2) is 5.18. The van der Waals surface area contributed by atoms with E-state index in [1.807, 2.05) is 0 Å². The van der Waals surface area contributed by atoms with Crippen LogP contribution in [-0.4, -0.2) is 18.1 Å². The Morgan fingerprint density at radius 3 is 2.50 bits per heavy atom. The van der Waals surface area contributed by atoms with E-state index in [-0.39, 0.29) is 6.42 Å². The third-order valence-electron chi connectivity index (χ3n) is 1.22. The van der Waals surface area contributed by atoms with Crippen LogP contribution in [0.15, 0.2) is 36.6 Å². The summed E-state index contributed by atoms with van der Waals surface area (Å²) < 4.78 is 0. The number of nitrogens with one attached hydrogen (secondary N) is 1. The molecule has 0 aliphatic carbocycles. The van der Waals surface area contributed by atoms with E-state index in [0.717, 1.165) is 5.70 Å². The minimum atomic E-state index is -0.875. The Morgan fingerprint density at radius 2 is 2.08 bits per heavy atom. The topological polar surface area (TPSA) is 49.3 Å². The van der Waals surface area contributed by atoms with Gasteiger partial charge < -0.3 is 10.4 Å². The normalized spacial score (nSPS) is 9.75. The number of rotatable bonds is 5. The van der Waals surface area contributed by atoms with Crippen LogP contribution >= 0.6 is 0 Å². The standard InChI is InChI=1S/C9H13NO2/c1-7(6-9(11)12)4-5-8(2)10-3/h4-5,10H,1-2,6H2,3H3,(H,11,12)/b5-4-. The lowest BCUT2D eigenvalue weighted by Gasteiger charge is -1.96. The summed E-state index contributed by atoms with van der Waals surface area (Å²) in [6.07, 6.45) is 3.28. The maximum absolute atomic E-state index is 10.2. The van der Waals surface area contributed by atoms with Crippen LogP contribution in [0.25, 0.3) is 0 Å². The van der Waals surface area contributed by atoms with Crippen molar-refractivity contribution in [2.45, 2.75) is 6.42 Å². The summed E-state index contributed by atoms with van der Waals surface area (Å²) in [6, 6.07) is 0. The van der Waals surface area contributed by atoms with Gasteiger partial charge in [-0.25, -0.2) is 0 Å². The van der Waals surface area contributed by atoms with Crippen LogP contribution in [0.4, 0.5) is 0 Å². The molecule has 0 aliphatic rings. The van der Waals surface area contributed by atoms with Crippen LogP contribution in [0.2, 0.25) is 0 Å². The van der Waals surface area contributed by atoms with Gasteiger partial charge in [0, 0.05) is 12.7 Å². The van der Waals surface area contributed by atoms with Gasteiger partial charge in [-0.2, -0.15) is 0 Å². The Morgan fingerprint density at radius 1 is 1.50 bits per heavy atom. The smallest absolute Gasteiger partial charge is 0.307 e. The summed E-state index contributed by atoms with van der Waals surface area (Å²) >= 11 is 0. The van der Waals surface area contributed by atoms with Gasteiger partial charge in [-0.1, -0.05) is 19.2 Å². The minimum Gasteiger partial charge on any atom is -0.481 e. The first kappa shape index (κ1) is 10.5. The number of likely N-dealkylation sites (N-methyl/N-ethyl adjacent to an activating group) is 1. The van der Waals surface area contributed by atoms with Crippen LogP contribution in [-0.2, 0) is 4.79 Å².